The van der Waals surface area contributed by atoms with Crippen molar-refractivity contribution in [2.45, 2.75) is 31.7 Å². The maximum Gasteiger partial charge on any atom is 0.0711 e. The number of hydrogen-bond acceptors (Lipinski definition) is 4. The highest BCUT2D eigenvalue weighted by Crippen LogP contribution is 2.45. The Bertz CT molecular complexity index is 639. The van der Waals surface area contributed by atoms with Gasteiger partial charge < -0.3 is 10.2 Å². The third kappa shape index (κ3) is 2.87. The fourth-order valence-corrected chi connectivity index (χ4v) is 4.27. The number of rotatable bonds is 5. The van der Waals surface area contributed by atoms with Gasteiger partial charge in [0, 0.05) is 23.0 Å². The number of halogens is 1. The van der Waals surface area contributed by atoms with Gasteiger partial charge in [0.2, 0.25) is 0 Å². The zero-order chi connectivity index (χ0) is 15.7. The minimum Gasteiger partial charge on any atom is -0.361 e. The van der Waals surface area contributed by atoms with Crippen LogP contribution in [-0.4, -0.2) is 25.1 Å². The molecule has 0 aliphatic carbocycles. The number of aromatic nitrogens is 1. The molecule has 2 aromatic rings. The third-order valence-electron chi connectivity index (χ3n) is 4.27. The van der Waals surface area contributed by atoms with E-state index in [9.17, 15) is 0 Å². The largest absolute Gasteiger partial charge is 0.361 e. The van der Waals surface area contributed by atoms with Crippen LogP contribution in [0.3, 0.4) is 0 Å². The summed E-state index contributed by atoms with van der Waals surface area (Å²) in [6.45, 7) is 6.48. The Labute approximate surface area is 141 Å². The van der Waals surface area contributed by atoms with Gasteiger partial charge in [0.1, 0.15) is 0 Å². The van der Waals surface area contributed by atoms with Crippen molar-refractivity contribution in [2.75, 3.05) is 25.0 Å². The summed E-state index contributed by atoms with van der Waals surface area (Å²) in [5, 5.41) is 6.14. The number of anilines is 1. The fraction of sp³-hybridized carbons (Fsp3) is 0.471. The molecule has 1 atom stereocenters. The van der Waals surface area contributed by atoms with E-state index in [-0.39, 0.29) is 5.41 Å². The van der Waals surface area contributed by atoms with Gasteiger partial charge in [-0.3, -0.25) is 4.98 Å². The van der Waals surface area contributed by atoms with Crippen LogP contribution < -0.4 is 10.2 Å². The number of nitrogens with one attached hydrogen (secondary N) is 1. The monoisotopic (exact) mass is 335 g/mol. The molecule has 1 aliphatic heterocycles. The van der Waals surface area contributed by atoms with E-state index < -0.39 is 0 Å². The summed E-state index contributed by atoms with van der Waals surface area (Å²) in [7, 11) is 2.01. The first-order valence-electron chi connectivity index (χ1n) is 7.63. The smallest absolute Gasteiger partial charge is 0.0711 e. The van der Waals surface area contributed by atoms with Gasteiger partial charge in [-0.25, -0.2) is 0 Å². The highest BCUT2D eigenvalue weighted by atomic mass is 35.5. The fourth-order valence-electron chi connectivity index (χ4n) is 3.25. The maximum atomic E-state index is 6.22. The van der Waals surface area contributed by atoms with Crippen molar-refractivity contribution in [3.8, 4) is 0 Å². The summed E-state index contributed by atoms with van der Waals surface area (Å²) in [5.74, 6) is 0. The van der Waals surface area contributed by atoms with Gasteiger partial charge >= 0.3 is 0 Å². The van der Waals surface area contributed by atoms with Crippen molar-refractivity contribution in [3.05, 3.63) is 45.4 Å². The van der Waals surface area contributed by atoms with E-state index in [1.165, 1.54) is 10.6 Å². The molecule has 0 aromatic carbocycles. The lowest BCUT2D eigenvalue weighted by Crippen LogP contribution is -2.33. The van der Waals surface area contributed by atoms with Gasteiger partial charge in [-0.1, -0.05) is 31.5 Å². The van der Waals surface area contributed by atoms with E-state index in [1.54, 1.807) is 6.20 Å². The lowest BCUT2D eigenvalue weighted by Gasteiger charge is -2.31. The molecule has 0 bridgehead atoms. The highest BCUT2D eigenvalue weighted by Gasteiger charge is 2.40. The quantitative estimate of drug-likeness (QED) is 0.885. The molecule has 0 radical (unpaired) electrons. The first kappa shape index (κ1) is 15.8. The van der Waals surface area contributed by atoms with Gasteiger partial charge in [-0.2, -0.15) is 0 Å². The van der Waals surface area contributed by atoms with E-state index in [0.717, 1.165) is 25.2 Å². The molecule has 118 valence electrons. The molecule has 22 heavy (non-hydrogen) atoms. The lowest BCUT2D eigenvalue weighted by atomic mass is 9.91. The predicted molar refractivity (Wildman–Crippen MR) is 95.2 cm³/mol. The molecule has 2 aromatic heterocycles. The second-order valence-electron chi connectivity index (χ2n) is 6.46. The highest BCUT2D eigenvalue weighted by molar-refractivity contribution is 7.10. The molecule has 1 N–H and O–H groups in total. The number of fused-ring (bicyclic) bond motifs is 1. The van der Waals surface area contributed by atoms with Crippen LogP contribution in [-0.2, 0) is 5.41 Å². The van der Waals surface area contributed by atoms with E-state index in [4.69, 9.17) is 11.6 Å². The lowest BCUT2D eigenvalue weighted by molar-refractivity contribution is 0.494. The van der Waals surface area contributed by atoms with Crippen LogP contribution in [0.4, 0.5) is 5.69 Å². The summed E-state index contributed by atoms with van der Waals surface area (Å²) in [6.07, 6.45) is 2.83. The van der Waals surface area contributed by atoms with Gasteiger partial charge in [-0.05, 0) is 37.5 Å². The van der Waals surface area contributed by atoms with Crippen molar-refractivity contribution < 1.29 is 0 Å². The molecule has 3 heterocycles. The van der Waals surface area contributed by atoms with Gasteiger partial charge in [0.05, 0.1) is 22.4 Å². The van der Waals surface area contributed by atoms with Crippen LogP contribution >= 0.6 is 22.9 Å². The number of pyridine rings is 1. The first-order valence-corrected chi connectivity index (χ1v) is 8.89. The van der Waals surface area contributed by atoms with Crippen LogP contribution in [0.2, 0.25) is 5.02 Å². The molecule has 0 unspecified atom stereocenters. The van der Waals surface area contributed by atoms with Gasteiger partial charge in [0.25, 0.3) is 0 Å². The average molecular weight is 336 g/mol. The summed E-state index contributed by atoms with van der Waals surface area (Å²) >= 11 is 8.04. The van der Waals surface area contributed by atoms with Crippen LogP contribution in [0.25, 0.3) is 0 Å². The minimum atomic E-state index is 0.0507. The topological polar surface area (TPSA) is 28.2 Å². The summed E-state index contributed by atoms with van der Waals surface area (Å²) in [4.78, 5) is 8.51. The Kier molecular flexibility index (Phi) is 4.44. The van der Waals surface area contributed by atoms with E-state index in [1.807, 2.05) is 18.4 Å². The van der Waals surface area contributed by atoms with Crippen molar-refractivity contribution in [1.82, 2.24) is 10.3 Å². The molecule has 0 saturated heterocycles. The Morgan fingerprint density at radius 3 is 3.00 bits per heavy atom. The number of thiophene rings is 1. The maximum absolute atomic E-state index is 6.22. The molecule has 5 heteroatoms. The molecule has 0 saturated carbocycles. The van der Waals surface area contributed by atoms with Crippen LogP contribution in [0.5, 0.6) is 0 Å². The Hall–Kier alpha value is -1.10. The zero-order valence-electron chi connectivity index (χ0n) is 13.3. The van der Waals surface area contributed by atoms with Crippen molar-refractivity contribution in [3.63, 3.8) is 0 Å². The molecule has 0 amide bonds. The van der Waals surface area contributed by atoms with Gasteiger partial charge in [-0.15, -0.1) is 11.3 Å². The normalized spacial score (nSPS) is 17.5. The SMILES string of the molecule is CNCC[C@@H](c1cccs1)N1CC(C)(C)c2ncc(Cl)cc21. The number of hydrogen-bond donors (Lipinski definition) is 1. The minimum absolute atomic E-state index is 0.0507. The van der Waals surface area contributed by atoms with E-state index in [0.29, 0.717) is 11.1 Å². The molecule has 3 rings (SSSR count). The number of nitrogens with zero attached hydrogens (tertiary/aromatic N) is 2. The molecule has 1 aliphatic rings. The summed E-state index contributed by atoms with van der Waals surface area (Å²) < 4.78 is 0. The standard InChI is InChI=1S/C17H22ClN3S/c1-17(2)11-21(14-9-12(18)10-20-16(14)17)13(6-7-19-3)15-5-4-8-22-15/h4-5,8-10,13,19H,6-7,11H2,1-3H3/t13-/m0/s1. The second kappa shape index (κ2) is 6.19. The van der Waals surface area contributed by atoms with E-state index in [2.05, 4.69) is 52.6 Å². The van der Waals surface area contributed by atoms with Crippen molar-refractivity contribution in [1.29, 1.82) is 0 Å². The Morgan fingerprint density at radius 1 is 1.50 bits per heavy atom. The van der Waals surface area contributed by atoms with E-state index >= 15 is 0 Å². The summed E-state index contributed by atoms with van der Waals surface area (Å²) in [6, 6.07) is 6.80. The second-order valence-corrected chi connectivity index (χ2v) is 7.87. The molecular formula is C17H22ClN3S. The molecular weight excluding hydrogens is 314 g/mol. The summed E-state index contributed by atoms with van der Waals surface area (Å²) in [5.41, 5.74) is 2.39. The Balaban J connectivity index is 2.01. The molecule has 3 nitrogen and oxygen atoms in total. The van der Waals surface area contributed by atoms with Crippen LogP contribution in [0.15, 0.2) is 29.8 Å². The third-order valence-corrected chi connectivity index (χ3v) is 5.45. The zero-order valence-corrected chi connectivity index (χ0v) is 14.8. The van der Waals surface area contributed by atoms with Crippen LogP contribution in [0, 0.1) is 0 Å². The Morgan fingerprint density at radius 2 is 2.32 bits per heavy atom. The van der Waals surface area contributed by atoms with Crippen molar-refractivity contribution >= 4 is 28.6 Å². The first-order chi connectivity index (χ1) is 10.5. The predicted octanol–water partition coefficient (Wildman–Crippen LogP) is 4.24. The van der Waals surface area contributed by atoms with Crippen molar-refractivity contribution in [2.24, 2.45) is 0 Å². The average Bonchev–Trinajstić information content (AvgIpc) is 3.07. The van der Waals surface area contributed by atoms with Crippen LogP contribution in [0.1, 0.15) is 36.9 Å². The van der Waals surface area contributed by atoms with Gasteiger partial charge in [0.15, 0.2) is 0 Å². The molecule has 0 fully saturated rings. The molecule has 0 spiro atoms.